The van der Waals surface area contributed by atoms with Gasteiger partial charge < -0.3 is 0 Å². The molecule has 0 bridgehead atoms. The Bertz CT molecular complexity index is 870. The van der Waals surface area contributed by atoms with Crippen LogP contribution in [0.5, 0.6) is 0 Å². The van der Waals surface area contributed by atoms with Gasteiger partial charge in [-0.3, -0.25) is 9.36 Å². The van der Waals surface area contributed by atoms with Crippen LogP contribution in [0.25, 0.3) is 0 Å². The van der Waals surface area contributed by atoms with Gasteiger partial charge in [-0.2, -0.15) is 23.4 Å². The van der Waals surface area contributed by atoms with Crippen molar-refractivity contribution < 1.29 is 21.6 Å². The molecule has 2 heterocycles. The van der Waals surface area contributed by atoms with Crippen LogP contribution < -0.4 is 4.72 Å². The van der Waals surface area contributed by atoms with Crippen LogP contribution in [0.4, 0.5) is 13.2 Å². The van der Waals surface area contributed by atoms with E-state index in [1.54, 1.807) is 20.9 Å². The zero-order valence-electron chi connectivity index (χ0n) is 15.0. The molecule has 0 radical (unpaired) electrons. The Morgan fingerprint density at radius 3 is 2.38 bits per heavy atom. The first-order chi connectivity index (χ1) is 12.0. The van der Waals surface area contributed by atoms with E-state index in [1.807, 2.05) is 6.92 Å². The Kier molecular flexibility index (Phi) is 5.81. The van der Waals surface area contributed by atoms with Gasteiger partial charge in [-0.05, 0) is 32.8 Å². The fourth-order valence-corrected chi connectivity index (χ4v) is 4.04. The van der Waals surface area contributed by atoms with Crippen LogP contribution in [0.2, 0.25) is 0 Å². The minimum atomic E-state index is -4.51. The van der Waals surface area contributed by atoms with Crippen molar-refractivity contribution in [3.05, 3.63) is 29.3 Å². The van der Waals surface area contributed by atoms with E-state index < -0.39 is 21.9 Å². The molecule has 0 spiro atoms. The number of hydrogen-bond donors (Lipinski definition) is 1. The van der Waals surface area contributed by atoms with Crippen molar-refractivity contribution in [2.24, 2.45) is 7.05 Å². The van der Waals surface area contributed by atoms with Gasteiger partial charge in [0.1, 0.15) is 4.90 Å². The van der Waals surface area contributed by atoms with Crippen LogP contribution in [0.1, 0.15) is 42.9 Å². The zero-order valence-corrected chi connectivity index (χ0v) is 15.8. The number of halogens is 3. The lowest BCUT2D eigenvalue weighted by molar-refractivity contribution is -0.141. The summed E-state index contributed by atoms with van der Waals surface area (Å²) in [7, 11) is -2.10. The van der Waals surface area contributed by atoms with Crippen LogP contribution in [0, 0.1) is 13.8 Å². The maximum absolute atomic E-state index is 12.8. The molecule has 0 aliphatic heterocycles. The second-order valence-electron chi connectivity index (χ2n) is 6.11. The highest BCUT2D eigenvalue weighted by Gasteiger charge is 2.35. The van der Waals surface area contributed by atoms with Crippen molar-refractivity contribution in [1.29, 1.82) is 0 Å². The van der Waals surface area contributed by atoms with Crippen molar-refractivity contribution in [2.75, 3.05) is 6.54 Å². The number of rotatable bonds is 7. The van der Waals surface area contributed by atoms with Crippen LogP contribution in [0.15, 0.2) is 17.2 Å². The first-order valence-corrected chi connectivity index (χ1v) is 9.57. The molecule has 0 fully saturated rings. The van der Waals surface area contributed by atoms with E-state index in [-0.39, 0.29) is 17.5 Å². The quantitative estimate of drug-likeness (QED) is 0.784. The highest BCUT2D eigenvalue weighted by molar-refractivity contribution is 7.89. The Labute approximate surface area is 150 Å². The first-order valence-electron chi connectivity index (χ1n) is 8.09. The van der Waals surface area contributed by atoms with Crippen molar-refractivity contribution in [1.82, 2.24) is 24.3 Å². The third-order valence-corrected chi connectivity index (χ3v) is 5.62. The number of aromatic nitrogens is 4. The third kappa shape index (κ3) is 4.44. The van der Waals surface area contributed by atoms with Crippen molar-refractivity contribution >= 4 is 10.0 Å². The molecule has 1 atom stereocenters. The maximum atomic E-state index is 12.8. The number of nitrogens with zero attached hydrogens (tertiary/aromatic N) is 4. The largest absolute Gasteiger partial charge is 0.435 e. The Hall–Kier alpha value is -1.88. The molecule has 146 valence electrons. The second kappa shape index (κ2) is 7.39. The number of nitrogens with one attached hydrogen (secondary N) is 1. The predicted molar refractivity (Wildman–Crippen MR) is 89.0 cm³/mol. The van der Waals surface area contributed by atoms with Gasteiger partial charge in [-0.25, -0.2) is 13.1 Å². The second-order valence-corrected chi connectivity index (χ2v) is 7.85. The standard InChI is InChI=1S/C15H22F3N5O2S/c1-5-12(23-10(2)8-14(21-23)15(16,17)18)6-7-19-26(24,25)13-9-22(4)20-11(13)3/h8-9,12,19H,5-7H2,1-4H3. The van der Waals surface area contributed by atoms with Gasteiger partial charge in [0.2, 0.25) is 10.0 Å². The molecule has 26 heavy (non-hydrogen) atoms. The lowest BCUT2D eigenvalue weighted by atomic mass is 10.1. The minimum Gasteiger partial charge on any atom is -0.274 e. The fraction of sp³-hybridized carbons (Fsp3) is 0.600. The van der Waals surface area contributed by atoms with E-state index in [2.05, 4.69) is 14.9 Å². The molecule has 0 aromatic carbocycles. The molecular weight excluding hydrogens is 371 g/mol. The maximum Gasteiger partial charge on any atom is 0.435 e. The average Bonchev–Trinajstić information content (AvgIpc) is 3.06. The first kappa shape index (κ1) is 20.4. The number of alkyl halides is 3. The van der Waals surface area contributed by atoms with Crippen LogP contribution >= 0.6 is 0 Å². The Balaban J connectivity index is 2.08. The molecular formula is C15H22F3N5O2S. The van der Waals surface area contributed by atoms with E-state index in [4.69, 9.17) is 0 Å². The molecule has 2 rings (SSSR count). The molecule has 0 aliphatic rings. The molecule has 0 saturated heterocycles. The molecule has 0 aliphatic carbocycles. The van der Waals surface area contributed by atoms with E-state index in [0.717, 1.165) is 6.07 Å². The van der Waals surface area contributed by atoms with Crippen molar-refractivity contribution in [3.8, 4) is 0 Å². The predicted octanol–water partition coefficient (Wildman–Crippen LogP) is 2.57. The molecule has 1 unspecified atom stereocenters. The Morgan fingerprint density at radius 2 is 1.92 bits per heavy atom. The Morgan fingerprint density at radius 1 is 1.27 bits per heavy atom. The highest BCUT2D eigenvalue weighted by Crippen LogP contribution is 2.30. The van der Waals surface area contributed by atoms with E-state index in [1.165, 1.54) is 15.6 Å². The number of sulfonamides is 1. The summed E-state index contributed by atoms with van der Waals surface area (Å²) in [6.45, 7) is 5.04. The van der Waals surface area contributed by atoms with E-state index in [0.29, 0.717) is 24.2 Å². The topological polar surface area (TPSA) is 81.8 Å². The lowest BCUT2D eigenvalue weighted by Gasteiger charge is -2.18. The monoisotopic (exact) mass is 393 g/mol. The summed E-state index contributed by atoms with van der Waals surface area (Å²) in [5, 5.41) is 7.64. The van der Waals surface area contributed by atoms with Crippen LogP contribution in [-0.4, -0.2) is 34.5 Å². The zero-order chi connectivity index (χ0) is 19.7. The molecule has 1 N–H and O–H groups in total. The molecule has 0 saturated carbocycles. The summed E-state index contributed by atoms with van der Waals surface area (Å²) in [6, 6.07) is 0.648. The van der Waals surface area contributed by atoms with E-state index >= 15 is 0 Å². The highest BCUT2D eigenvalue weighted by atomic mass is 32.2. The third-order valence-electron chi connectivity index (χ3n) is 4.06. The van der Waals surface area contributed by atoms with Gasteiger partial charge in [0.05, 0.1) is 11.7 Å². The SMILES string of the molecule is CCC(CCNS(=O)(=O)c1cn(C)nc1C)n1nc(C(F)(F)F)cc1C. The van der Waals surface area contributed by atoms with Gasteiger partial charge in [0, 0.05) is 25.5 Å². The molecule has 11 heteroatoms. The van der Waals surface area contributed by atoms with Crippen molar-refractivity contribution in [2.45, 2.75) is 50.7 Å². The average molecular weight is 393 g/mol. The summed E-state index contributed by atoms with van der Waals surface area (Å²) in [4.78, 5) is 0.0858. The number of hydrogen-bond acceptors (Lipinski definition) is 4. The van der Waals surface area contributed by atoms with Gasteiger partial charge in [0.15, 0.2) is 5.69 Å². The summed E-state index contributed by atoms with van der Waals surface area (Å²) in [6.07, 6.45) is -2.27. The van der Waals surface area contributed by atoms with Gasteiger partial charge in [-0.15, -0.1) is 0 Å². The molecule has 2 aromatic heterocycles. The lowest BCUT2D eigenvalue weighted by Crippen LogP contribution is -2.27. The van der Waals surface area contributed by atoms with Gasteiger partial charge in [0.25, 0.3) is 0 Å². The number of aryl methyl sites for hydroxylation is 3. The fourth-order valence-electron chi connectivity index (χ4n) is 2.77. The van der Waals surface area contributed by atoms with Gasteiger partial charge in [-0.1, -0.05) is 6.92 Å². The summed E-state index contributed by atoms with van der Waals surface area (Å²) >= 11 is 0. The molecule has 2 aromatic rings. The normalized spacial score (nSPS) is 14.0. The molecule has 7 nitrogen and oxygen atoms in total. The smallest absolute Gasteiger partial charge is 0.274 e. The van der Waals surface area contributed by atoms with Crippen LogP contribution in [0.3, 0.4) is 0 Å². The molecule has 0 amide bonds. The van der Waals surface area contributed by atoms with E-state index in [9.17, 15) is 21.6 Å². The minimum absolute atomic E-state index is 0.0792. The summed E-state index contributed by atoms with van der Waals surface area (Å²) in [5.41, 5.74) is -0.181. The summed E-state index contributed by atoms with van der Waals surface area (Å²) < 4.78 is 68.3. The van der Waals surface area contributed by atoms with Gasteiger partial charge >= 0.3 is 6.18 Å². The van der Waals surface area contributed by atoms with Crippen molar-refractivity contribution in [3.63, 3.8) is 0 Å². The van der Waals surface area contributed by atoms with Crippen LogP contribution in [-0.2, 0) is 23.2 Å². The summed E-state index contributed by atoms with van der Waals surface area (Å²) in [5.74, 6) is 0.